The summed E-state index contributed by atoms with van der Waals surface area (Å²) >= 11 is 0. The van der Waals surface area contributed by atoms with Crippen molar-refractivity contribution in [3.05, 3.63) is 0 Å². The van der Waals surface area contributed by atoms with Gasteiger partial charge in [-0.15, -0.1) is 0 Å². The summed E-state index contributed by atoms with van der Waals surface area (Å²) in [5, 5.41) is 7.93. The average molecular weight is 240 g/mol. The van der Waals surface area contributed by atoms with Crippen LogP contribution in [0.3, 0.4) is 0 Å². The van der Waals surface area contributed by atoms with E-state index in [0.29, 0.717) is 0 Å². The van der Waals surface area contributed by atoms with E-state index in [0.717, 1.165) is 11.8 Å². The maximum Gasteiger partial charge on any atom is 0.326 e. The molecule has 0 bridgehead atoms. The first kappa shape index (κ1) is 17.0. The van der Waals surface area contributed by atoms with E-state index < -0.39 is 26.1 Å². The van der Waals surface area contributed by atoms with Gasteiger partial charge in [-0.05, 0) is 11.8 Å². The molecule has 0 radical (unpaired) electrons. The van der Waals surface area contributed by atoms with Gasteiger partial charge in [0.25, 0.3) is 0 Å². The first-order valence-electron chi connectivity index (χ1n) is 4.82. The molecule has 0 saturated carbocycles. The molecule has 3 N–H and O–H groups in total. The Labute approximate surface area is 90.7 Å². The van der Waals surface area contributed by atoms with Gasteiger partial charge in [0.05, 0.1) is 12.6 Å². The van der Waals surface area contributed by atoms with Gasteiger partial charge in [-0.25, -0.2) is 0 Å². The third kappa shape index (κ3) is 19.9. The smallest absolute Gasteiger partial charge is 0.326 e. The van der Waals surface area contributed by atoms with Crippen molar-refractivity contribution in [3.63, 3.8) is 0 Å². The Kier molecular flexibility index (Phi) is 8.92. The van der Waals surface area contributed by atoms with Crippen LogP contribution in [0, 0.1) is 11.8 Å². The minimum atomic E-state index is -4.10. The van der Waals surface area contributed by atoms with Gasteiger partial charge in [-0.1, -0.05) is 27.7 Å². The second kappa shape index (κ2) is 7.85. The highest BCUT2D eigenvalue weighted by atomic mass is 31.2. The molecule has 0 aromatic rings. The molecule has 6 heteroatoms. The van der Waals surface area contributed by atoms with E-state index >= 15 is 0 Å². The highest BCUT2D eigenvalue weighted by Gasteiger charge is 2.13. The van der Waals surface area contributed by atoms with Crippen molar-refractivity contribution in [2.24, 2.45) is 11.8 Å². The number of hydrogen-bond donors (Lipinski definition) is 3. The maximum absolute atomic E-state index is 9.97. The third-order valence-electron chi connectivity index (χ3n) is 1.95. The van der Waals surface area contributed by atoms with E-state index in [1.807, 2.05) is 0 Å². The zero-order valence-electron chi connectivity index (χ0n) is 9.67. The lowest BCUT2D eigenvalue weighted by molar-refractivity contribution is -0.136. The van der Waals surface area contributed by atoms with Crippen molar-refractivity contribution >= 4 is 13.6 Å². The van der Waals surface area contributed by atoms with E-state index in [4.69, 9.17) is 14.9 Å². The summed E-state index contributed by atoms with van der Waals surface area (Å²) in [6, 6.07) is 0. The SMILES string of the molecule is CC(C)C(C)C.O=C(O)CCP(=O)(O)O. The minimum Gasteiger partial charge on any atom is -0.481 e. The van der Waals surface area contributed by atoms with Crippen molar-refractivity contribution in [1.82, 2.24) is 0 Å². The molecule has 0 saturated heterocycles. The maximum atomic E-state index is 9.97. The summed E-state index contributed by atoms with van der Waals surface area (Å²) < 4.78 is 9.97. The van der Waals surface area contributed by atoms with E-state index in [1.54, 1.807) is 0 Å². The van der Waals surface area contributed by atoms with Gasteiger partial charge in [-0.2, -0.15) is 0 Å². The van der Waals surface area contributed by atoms with Crippen LogP contribution in [0.5, 0.6) is 0 Å². The Balaban J connectivity index is 0. The Morgan fingerprint density at radius 3 is 1.53 bits per heavy atom. The van der Waals surface area contributed by atoms with Crippen LogP contribution in [0.25, 0.3) is 0 Å². The van der Waals surface area contributed by atoms with Gasteiger partial charge in [0.2, 0.25) is 0 Å². The minimum absolute atomic E-state index is 0.482. The average Bonchev–Trinajstić information content (AvgIpc) is 2.00. The molecule has 0 spiro atoms. The number of carbonyl (C=O) groups is 1. The lowest BCUT2D eigenvalue weighted by atomic mass is 10.0. The summed E-state index contributed by atoms with van der Waals surface area (Å²) in [7, 11) is -4.10. The molecule has 15 heavy (non-hydrogen) atoms. The molecule has 0 unspecified atom stereocenters. The summed E-state index contributed by atoms with van der Waals surface area (Å²) in [6.45, 7) is 8.96. The lowest BCUT2D eigenvalue weighted by Crippen LogP contribution is -1.98. The highest BCUT2D eigenvalue weighted by molar-refractivity contribution is 7.51. The van der Waals surface area contributed by atoms with E-state index in [-0.39, 0.29) is 0 Å². The third-order valence-corrected chi connectivity index (χ3v) is 2.76. The van der Waals surface area contributed by atoms with Gasteiger partial charge in [0.1, 0.15) is 0 Å². The second-order valence-corrected chi connectivity index (χ2v) is 5.80. The molecule has 0 fully saturated rings. The number of aliphatic carboxylic acids is 1. The van der Waals surface area contributed by atoms with Crippen LogP contribution >= 0.6 is 7.60 Å². The molecule has 0 aromatic carbocycles. The van der Waals surface area contributed by atoms with Gasteiger partial charge in [0.15, 0.2) is 0 Å². The number of carboxylic acids is 1. The summed E-state index contributed by atoms with van der Waals surface area (Å²) in [5.74, 6) is 0.508. The molecule has 92 valence electrons. The Bertz CT molecular complexity index is 213. The van der Waals surface area contributed by atoms with Crippen molar-refractivity contribution in [2.75, 3.05) is 6.16 Å². The molecular weight excluding hydrogens is 219 g/mol. The topological polar surface area (TPSA) is 94.8 Å². The van der Waals surface area contributed by atoms with Crippen LogP contribution < -0.4 is 0 Å². The van der Waals surface area contributed by atoms with Crippen molar-refractivity contribution in [2.45, 2.75) is 34.1 Å². The van der Waals surface area contributed by atoms with Gasteiger partial charge in [0, 0.05) is 0 Å². The summed E-state index contributed by atoms with van der Waals surface area (Å²) in [4.78, 5) is 25.9. The van der Waals surface area contributed by atoms with Crippen LogP contribution in [0.15, 0.2) is 0 Å². The predicted molar refractivity (Wildman–Crippen MR) is 58.8 cm³/mol. The first-order valence-corrected chi connectivity index (χ1v) is 6.62. The largest absolute Gasteiger partial charge is 0.481 e. The number of rotatable bonds is 4. The molecular formula is C9H21O5P. The molecule has 0 aliphatic rings. The quantitative estimate of drug-likeness (QED) is 0.653. The molecule has 5 nitrogen and oxygen atoms in total. The highest BCUT2D eigenvalue weighted by Crippen LogP contribution is 2.34. The number of hydrogen-bond acceptors (Lipinski definition) is 2. The van der Waals surface area contributed by atoms with Crippen LogP contribution in [-0.4, -0.2) is 27.0 Å². The van der Waals surface area contributed by atoms with Gasteiger partial charge < -0.3 is 14.9 Å². The van der Waals surface area contributed by atoms with E-state index in [2.05, 4.69) is 27.7 Å². The van der Waals surface area contributed by atoms with E-state index in [1.165, 1.54) is 0 Å². The molecule has 0 amide bonds. The molecule has 0 aliphatic carbocycles. The Hall–Kier alpha value is -0.380. The standard InChI is InChI=1S/C6H14.C3H7O5P/c1-5(2)6(3)4;4-3(5)1-2-9(6,7)8/h5-6H,1-4H3;1-2H2,(H,4,5)(H2,6,7,8). The van der Waals surface area contributed by atoms with Gasteiger partial charge >= 0.3 is 13.6 Å². The molecule has 0 aromatic heterocycles. The lowest BCUT2D eigenvalue weighted by Gasteiger charge is -2.05. The van der Waals surface area contributed by atoms with Crippen molar-refractivity contribution < 1.29 is 24.3 Å². The molecule has 0 atom stereocenters. The summed E-state index contributed by atoms with van der Waals surface area (Å²) in [5.41, 5.74) is 0. The fraction of sp³-hybridized carbons (Fsp3) is 0.889. The van der Waals surface area contributed by atoms with E-state index in [9.17, 15) is 9.36 Å². The van der Waals surface area contributed by atoms with Crippen LogP contribution in [0.4, 0.5) is 0 Å². The molecule has 0 rings (SSSR count). The van der Waals surface area contributed by atoms with Crippen LogP contribution in [0.1, 0.15) is 34.1 Å². The zero-order valence-corrected chi connectivity index (χ0v) is 10.6. The number of carboxylic acid groups (broad SMARTS) is 1. The predicted octanol–water partition coefficient (Wildman–Crippen LogP) is 1.94. The molecule has 0 aliphatic heterocycles. The Morgan fingerprint density at radius 2 is 1.47 bits per heavy atom. The van der Waals surface area contributed by atoms with Crippen molar-refractivity contribution in [1.29, 1.82) is 0 Å². The monoisotopic (exact) mass is 240 g/mol. The first-order chi connectivity index (χ1) is 6.56. The zero-order chi connectivity index (χ0) is 12.6. The summed E-state index contributed by atoms with van der Waals surface area (Å²) in [6.07, 6.45) is -1.06. The van der Waals surface area contributed by atoms with Crippen LogP contribution in [-0.2, 0) is 9.36 Å². The Morgan fingerprint density at radius 1 is 1.13 bits per heavy atom. The normalized spacial score (nSPS) is 11.2. The second-order valence-electron chi connectivity index (χ2n) is 4.02. The molecule has 0 heterocycles. The van der Waals surface area contributed by atoms with Crippen LogP contribution in [0.2, 0.25) is 0 Å². The van der Waals surface area contributed by atoms with Crippen molar-refractivity contribution in [3.8, 4) is 0 Å². The fourth-order valence-electron chi connectivity index (χ4n) is 0.241. The fourth-order valence-corrected chi connectivity index (χ4v) is 0.724. The van der Waals surface area contributed by atoms with Gasteiger partial charge in [-0.3, -0.25) is 9.36 Å².